The molecular formula is C30H29N5O3. The first kappa shape index (κ1) is 25.0. The highest BCUT2D eigenvalue weighted by molar-refractivity contribution is 5.85. The van der Waals surface area contributed by atoms with E-state index in [0.717, 1.165) is 58.0 Å². The Morgan fingerprint density at radius 1 is 0.947 bits per heavy atom. The number of rotatable bonds is 12. The second-order valence-corrected chi connectivity index (χ2v) is 8.96. The van der Waals surface area contributed by atoms with Crippen molar-refractivity contribution in [2.24, 2.45) is 0 Å². The first-order chi connectivity index (χ1) is 18.7. The molecule has 192 valence electrons. The van der Waals surface area contributed by atoms with E-state index in [1.54, 1.807) is 0 Å². The molecule has 38 heavy (non-hydrogen) atoms. The van der Waals surface area contributed by atoms with E-state index in [0.29, 0.717) is 18.8 Å². The number of H-pyrrole nitrogens is 1. The number of carbonyl (C=O) groups is 1. The summed E-state index contributed by atoms with van der Waals surface area (Å²) in [4.78, 5) is 25.5. The summed E-state index contributed by atoms with van der Waals surface area (Å²) in [5, 5.41) is 3.53. The van der Waals surface area contributed by atoms with E-state index in [-0.39, 0.29) is 6.79 Å². The van der Waals surface area contributed by atoms with Crippen LogP contribution in [0.15, 0.2) is 91.1 Å². The molecule has 0 atom stereocenters. The van der Waals surface area contributed by atoms with Crippen molar-refractivity contribution in [3.05, 3.63) is 108 Å². The summed E-state index contributed by atoms with van der Waals surface area (Å²) in [6.45, 7) is 2.42. The summed E-state index contributed by atoms with van der Waals surface area (Å²) in [7, 11) is 2.10. The van der Waals surface area contributed by atoms with Crippen molar-refractivity contribution in [1.82, 2.24) is 19.9 Å². The minimum atomic E-state index is -0.103. The molecule has 0 unspecified atom stereocenters. The van der Waals surface area contributed by atoms with Gasteiger partial charge in [-0.15, -0.1) is 0 Å². The maximum absolute atomic E-state index is 10.2. The maximum atomic E-state index is 10.2. The van der Waals surface area contributed by atoms with Gasteiger partial charge in [0.2, 0.25) is 6.79 Å². The molecule has 0 bridgehead atoms. The Bertz CT molecular complexity index is 1490. The normalized spacial score (nSPS) is 11.0. The van der Waals surface area contributed by atoms with Crippen LogP contribution < -0.4 is 10.1 Å². The van der Waals surface area contributed by atoms with Gasteiger partial charge in [0, 0.05) is 37.1 Å². The number of nitrogens with one attached hydrogen (secondary N) is 2. The second kappa shape index (κ2) is 12.0. The van der Waals surface area contributed by atoms with Crippen LogP contribution in [0.1, 0.15) is 16.8 Å². The SMILES string of the molecule is CN(Cc1ccccn1)Cc1cccc2[nH]c(-c3ccccc3NCc3ccc(OCOC=O)cc3)nc12. The third-order valence-corrected chi connectivity index (χ3v) is 6.14. The van der Waals surface area contributed by atoms with Gasteiger partial charge < -0.3 is 19.8 Å². The summed E-state index contributed by atoms with van der Waals surface area (Å²) >= 11 is 0. The zero-order valence-corrected chi connectivity index (χ0v) is 21.1. The molecular weight excluding hydrogens is 478 g/mol. The largest absolute Gasteiger partial charge is 0.457 e. The van der Waals surface area contributed by atoms with Gasteiger partial charge in [0.25, 0.3) is 6.47 Å². The third kappa shape index (κ3) is 6.16. The van der Waals surface area contributed by atoms with E-state index >= 15 is 0 Å². The number of pyridine rings is 1. The van der Waals surface area contributed by atoms with Crippen LogP contribution in [-0.4, -0.2) is 40.2 Å². The Balaban J connectivity index is 1.30. The molecule has 5 aromatic rings. The number of aromatic amines is 1. The standard InChI is InChI=1S/C30H29N5O3/c1-35(19-24-8-4-5-16-31-24)18-23-7-6-11-28-29(23)34-30(33-28)26-9-2-3-10-27(26)32-17-22-12-14-25(15-13-22)38-21-37-20-36/h2-16,20,32H,17-19,21H2,1H3,(H,33,34). The predicted octanol–water partition coefficient (Wildman–Crippen LogP) is 5.38. The van der Waals surface area contributed by atoms with Gasteiger partial charge in [-0.05, 0) is 60.6 Å². The number of fused-ring (bicyclic) bond motifs is 1. The Kier molecular flexibility index (Phi) is 7.91. The number of hydrogen-bond acceptors (Lipinski definition) is 7. The quantitative estimate of drug-likeness (QED) is 0.133. The van der Waals surface area contributed by atoms with Crippen molar-refractivity contribution in [2.45, 2.75) is 19.6 Å². The lowest BCUT2D eigenvalue weighted by atomic mass is 10.1. The first-order valence-electron chi connectivity index (χ1n) is 12.4. The zero-order chi connectivity index (χ0) is 26.2. The van der Waals surface area contributed by atoms with Crippen LogP contribution >= 0.6 is 0 Å². The fraction of sp³-hybridized carbons (Fsp3) is 0.167. The lowest BCUT2D eigenvalue weighted by Crippen LogP contribution is -2.18. The van der Waals surface area contributed by atoms with Crippen LogP contribution in [0.25, 0.3) is 22.4 Å². The van der Waals surface area contributed by atoms with Crippen molar-refractivity contribution in [2.75, 3.05) is 19.2 Å². The highest BCUT2D eigenvalue weighted by atomic mass is 16.7. The average Bonchev–Trinajstić information content (AvgIpc) is 3.39. The van der Waals surface area contributed by atoms with Gasteiger partial charge in [0.1, 0.15) is 11.6 Å². The van der Waals surface area contributed by atoms with Gasteiger partial charge in [-0.2, -0.15) is 0 Å². The number of benzene rings is 3. The molecule has 2 N–H and O–H groups in total. The Labute approximate surface area is 221 Å². The van der Waals surface area contributed by atoms with Crippen molar-refractivity contribution < 1.29 is 14.3 Å². The second-order valence-electron chi connectivity index (χ2n) is 8.96. The van der Waals surface area contributed by atoms with Gasteiger partial charge in [-0.3, -0.25) is 14.7 Å². The minimum Gasteiger partial charge on any atom is -0.457 e. The van der Waals surface area contributed by atoms with Gasteiger partial charge >= 0.3 is 0 Å². The lowest BCUT2D eigenvalue weighted by molar-refractivity contribution is -0.134. The summed E-state index contributed by atoms with van der Waals surface area (Å²) in [6.07, 6.45) is 1.83. The molecule has 0 saturated carbocycles. The molecule has 0 spiro atoms. The molecule has 0 aliphatic carbocycles. The highest BCUT2D eigenvalue weighted by Gasteiger charge is 2.13. The van der Waals surface area contributed by atoms with Crippen LogP contribution in [0.3, 0.4) is 0 Å². The van der Waals surface area contributed by atoms with Crippen LogP contribution in [0.4, 0.5) is 5.69 Å². The van der Waals surface area contributed by atoms with Crippen LogP contribution in [0.5, 0.6) is 5.75 Å². The number of hydrogen-bond donors (Lipinski definition) is 2. The van der Waals surface area contributed by atoms with E-state index in [9.17, 15) is 4.79 Å². The molecule has 0 saturated heterocycles. The molecule has 3 aromatic carbocycles. The summed E-state index contributed by atoms with van der Waals surface area (Å²) in [6, 6.07) is 28.0. The topological polar surface area (TPSA) is 92.4 Å². The molecule has 2 aromatic heterocycles. The monoisotopic (exact) mass is 507 g/mol. The van der Waals surface area contributed by atoms with E-state index in [1.165, 1.54) is 0 Å². The van der Waals surface area contributed by atoms with Gasteiger partial charge in [-0.1, -0.05) is 42.5 Å². The van der Waals surface area contributed by atoms with Crippen molar-refractivity contribution in [1.29, 1.82) is 0 Å². The smallest absolute Gasteiger partial charge is 0.295 e. The average molecular weight is 508 g/mol. The fourth-order valence-electron chi connectivity index (χ4n) is 4.34. The van der Waals surface area contributed by atoms with E-state index in [2.05, 4.69) is 62.3 Å². The summed E-state index contributed by atoms with van der Waals surface area (Å²) < 4.78 is 9.91. The predicted molar refractivity (Wildman–Crippen MR) is 147 cm³/mol. The zero-order valence-electron chi connectivity index (χ0n) is 21.1. The van der Waals surface area contributed by atoms with Gasteiger partial charge in [-0.25, -0.2) is 4.98 Å². The van der Waals surface area contributed by atoms with Crippen LogP contribution in [0, 0.1) is 0 Å². The number of anilines is 1. The number of imidazole rings is 1. The molecule has 0 radical (unpaired) electrons. The number of carbonyl (C=O) groups excluding carboxylic acids is 1. The van der Waals surface area contributed by atoms with E-state index in [1.807, 2.05) is 60.8 Å². The molecule has 8 heteroatoms. The minimum absolute atomic E-state index is 0.103. The lowest BCUT2D eigenvalue weighted by Gasteiger charge is -2.16. The number of nitrogens with zero attached hydrogens (tertiary/aromatic N) is 3. The summed E-state index contributed by atoms with van der Waals surface area (Å²) in [5.41, 5.74) is 7.26. The summed E-state index contributed by atoms with van der Waals surface area (Å²) in [5.74, 6) is 1.46. The molecule has 8 nitrogen and oxygen atoms in total. The highest BCUT2D eigenvalue weighted by Crippen LogP contribution is 2.29. The van der Waals surface area contributed by atoms with Gasteiger partial charge in [0.15, 0.2) is 0 Å². The van der Waals surface area contributed by atoms with Crippen molar-refractivity contribution >= 4 is 23.2 Å². The Morgan fingerprint density at radius 2 is 1.79 bits per heavy atom. The van der Waals surface area contributed by atoms with E-state index in [4.69, 9.17) is 9.72 Å². The maximum Gasteiger partial charge on any atom is 0.295 e. The molecule has 0 amide bonds. The fourth-order valence-corrected chi connectivity index (χ4v) is 4.34. The Morgan fingerprint density at radius 3 is 2.61 bits per heavy atom. The first-order valence-corrected chi connectivity index (χ1v) is 12.4. The number of ether oxygens (including phenoxy) is 2. The molecule has 5 rings (SSSR count). The van der Waals surface area contributed by atoms with Crippen LogP contribution in [0.2, 0.25) is 0 Å². The molecule has 0 aliphatic heterocycles. The number of para-hydroxylation sites is 2. The number of aromatic nitrogens is 3. The molecule has 0 fully saturated rings. The third-order valence-electron chi connectivity index (χ3n) is 6.14. The van der Waals surface area contributed by atoms with Crippen LogP contribution in [-0.2, 0) is 29.2 Å². The van der Waals surface area contributed by atoms with Gasteiger partial charge in [0.05, 0.1) is 16.7 Å². The molecule has 2 heterocycles. The van der Waals surface area contributed by atoms with Crippen molar-refractivity contribution in [3.63, 3.8) is 0 Å². The van der Waals surface area contributed by atoms with Crippen molar-refractivity contribution in [3.8, 4) is 17.1 Å². The van der Waals surface area contributed by atoms with E-state index < -0.39 is 0 Å². The Hall–Kier alpha value is -4.69. The molecule has 0 aliphatic rings.